The average molecular weight is 249 g/mol. The van der Waals surface area contributed by atoms with Crippen LogP contribution in [-0.4, -0.2) is 10.4 Å². The molecule has 0 radical (unpaired) electrons. The van der Waals surface area contributed by atoms with E-state index in [2.05, 4.69) is 27.7 Å². The standard InChI is InChI=1S/C15H23NO2/c1-6-7-10-16-13(15(3,4)5)9-8-12(11(2)17)14(16)18/h8-9H,6-7,10H2,1-5H3. The van der Waals surface area contributed by atoms with Crippen LogP contribution in [-0.2, 0) is 12.0 Å². The van der Waals surface area contributed by atoms with Crippen LogP contribution < -0.4 is 5.56 Å². The minimum atomic E-state index is -0.161. The van der Waals surface area contributed by atoms with E-state index in [1.165, 1.54) is 6.92 Å². The molecule has 1 aromatic heterocycles. The second kappa shape index (κ2) is 5.51. The third-order valence-electron chi connectivity index (χ3n) is 3.06. The summed E-state index contributed by atoms with van der Waals surface area (Å²) in [5, 5.41) is 0. The molecule has 1 heterocycles. The molecule has 0 aliphatic carbocycles. The van der Waals surface area contributed by atoms with Gasteiger partial charge < -0.3 is 4.57 Å². The van der Waals surface area contributed by atoms with Crippen molar-refractivity contribution >= 4 is 5.78 Å². The molecule has 0 aliphatic heterocycles. The van der Waals surface area contributed by atoms with Gasteiger partial charge in [-0.25, -0.2) is 0 Å². The molecule has 0 atom stereocenters. The normalized spacial score (nSPS) is 11.6. The first kappa shape index (κ1) is 14.7. The molecule has 0 fully saturated rings. The zero-order valence-corrected chi connectivity index (χ0v) is 12.0. The Kier molecular flexibility index (Phi) is 4.49. The number of pyridine rings is 1. The molecule has 3 nitrogen and oxygen atoms in total. The largest absolute Gasteiger partial charge is 0.312 e. The summed E-state index contributed by atoms with van der Waals surface area (Å²) in [7, 11) is 0. The lowest BCUT2D eigenvalue weighted by Gasteiger charge is -2.24. The van der Waals surface area contributed by atoms with E-state index in [0.717, 1.165) is 18.5 Å². The van der Waals surface area contributed by atoms with Crippen molar-refractivity contribution in [1.82, 2.24) is 4.57 Å². The topological polar surface area (TPSA) is 39.1 Å². The molecule has 1 rings (SSSR count). The van der Waals surface area contributed by atoms with Crippen molar-refractivity contribution in [3.63, 3.8) is 0 Å². The van der Waals surface area contributed by atoms with Gasteiger partial charge in [0, 0.05) is 17.7 Å². The predicted molar refractivity (Wildman–Crippen MR) is 74.3 cm³/mol. The van der Waals surface area contributed by atoms with E-state index < -0.39 is 0 Å². The highest BCUT2D eigenvalue weighted by atomic mass is 16.1. The van der Waals surface area contributed by atoms with Crippen molar-refractivity contribution < 1.29 is 4.79 Å². The number of ketones is 1. The summed E-state index contributed by atoms with van der Waals surface area (Å²) in [6, 6.07) is 3.57. The third kappa shape index (κ3) is 3.09. The summed E-state index contributed by atoms with van der Waals surface area (Å²) in [4.78, 5) is 23.8. The fourth-order valence-electron chi connectivity index (χ4n) is 2.04. The molecule has 0 aliphatic rings. The molecule has 0 amide bonds. The summed E-state index contributed by atoms with van der Waals surface area (Å²) >= 11 is 0. The first-order valence-corrected chi connectivity index (χ1v) is 6.54. The SMILES string of the molecule is CCCCn1c(C(C)(C)C)ccc(C(C)=O)c1=O. The Bertz CT molecular complexity index is 492. The summed E-state index contributed by atoms with van der Waals surface area (Å²) in [6.07, 6.45) is 1.98. The van der Waals surface area contributed by atoms with E-state index in [1.54, 1.807) is 10.6 Å². The van der Waals surface area contributed by atoms with Gasteiger partial charge in [-0.3, -0.25) is 9.59 Å². The second-order valence-electron chi connectivity index (χ2n) is 5.75. The smallest absolute Gasteiger partial charge is 0.261 e. The Morgan fingerprint density at radius 1 is 1.28 bits per heavy atom. The van der Waals surface area contributed by atoms with Gasteiger partial charge in [-0.15, -0.1) is 0 Å². The van der Waals surface area contributed by atoms with Crippen molar-refractivity contribution in [3.8, 4) is 0 Å². The minimum absolute atomic E-state index is 0.0950. The van der Waals surface area contributed by atoms with Crippen molar-refractivity contribution in [2.24, 2.45) is 0 Å². The van der Waals surface area contributed by atoms with E-state index in [1.807, 2.05) is 6.07 Å². The first-order valence-electron chi connectivity index (χ1n) is 6.54. The maximum absolute atomic E-state index is 12.3. The number of hydrogen-bond acceptors (Lipinski definition) is 2. The highest BCUT2D eigenvalue weighted by molar-refractivity contribution is 5.93. The fourth-order valence-corrected chi connectivity index (χ4v) is 2.04. The van der Waals surface area contributed by atoms with Crippen molar-refractivity contribution in [2.45, 2.75) is 59.4 Å². The van der Waals surface area contributed by atoms with Gasteiger partial charge >= 0.3 is 0 Å². The van der Waals surface area contributed by atoms with E-state index in [-0.39, 0.29) is 16.8 Å². The number of Topliss-reactive ketones (excluding diaryl/α,β-unsaturated/α-hetero) is 1. The zero-order valence-electron chi connectivity index (χ0n) is 12.0. The summed E-state index contributed by atoms with van der Waals surface area (Å²) < 4.78 is 1.76. The van der Waals surface area contributed by atoms with Crippen LogP contribution >= 0.6 is 0 Å². The summed E-state index contributed by atoms with van der Waals surface area (Å²) in [6.45, 7) is 10.5. The molecule has 0 N–H and O–H groups in total. The number of aromatic nitrogens is 1. The second-order valence-corrected chi connectivity index (χ2v) is 5.75. The molecule has 18 heavy (non-hydrogen) atoms. The monoisotopic (exact) mass is 249 g/mol. The maximum atomic E-state index is 12.3. The Labute approximate surface area is 109 Å². The Morgan fingerprint density at radius 3 is 2.33 bits per heavy atom. The van der Waals surface area contributed by atoms with Crippen LogP contribution in [0.1, 0.15) is 63.5 Å². The van der Waals surface area contributed by atoms with Gasteiger partial charge in [-0.05, 0) is 25.5 Å². The molecule has 1 aromatic rings. The molecular formula is C15H23NO2. The lowest BCUT2D eigenvalue weighted by Crippen LogP contribution is -2.32. The van der Waals surface area contributed by atoms with Gasteiger partial charge in [0.2, 0.25) is 0 Å². The molecule has 0 aromatic carbocycles. The van der Waals surface area contributed by atoms with Crippen LogP contribution in [0.5, 0.6) is 0 Å². The maximum Gasteiger partial charge on any atom is 0.261 e. The van der Waals surface area contributed by atoms with Crippen molar-refractivity contribution in [3.05, 3.63) is 33.7 Å². The number of nitrogens with zero attached hydrogens (tertiary/aromatic N) is 1. The molecule has 0 saturated carbocycles. The average Bonchev–Trinajstić information content (AvgIpc) is 2.25. The lowest BCUT2D eigenvalue weighted by molar-refractivity contribution is 0.101. The number of carbonyl (C=O) groups is 1. The van der Waals surface area contributed by atoms with Crippen LogP contribution in [0.4, 0.5) is 0 Å². The third-order valence-corrected chi connectivity index (χ3v) is 3.06. The van der Waals surface area contributed by atoms with Gasteiger partial charge in [0.1, 0.15) is 0 Å². The van der Waals surface area contributed by atoms with E-state index in [9.17, 15) is 9.59 Å². The van der Waals surface area contributed by atoms with Gasteiger partial charge in [-0.1, -0.05) is 34.1 Å². The highest BCUT2D eigenvalue weighted by Gasteiger charge is 2.20. The predicted octanol–water partition coefficient (Wildman–Crippen LogP) is 3.15. The van der Waals surface area contributed by atoms with E-state index >= 15 is 0 Å². The highest BCUT2D eigenvalue weighted by Crippen LogP contribution is 2.21. The van der Waals surface area contributed by atoms with Gasteiger partial charge in [-0.2, -0.15) is 0 Å². The molecule has 3 heteroatoms. The van der Waals surface area contributed by atoms with Crippen LogP contribution in [0.25, 0.3) is 0 Å². The quantitative estimate of drug-likeness (QED) is 0.769. The fraction of sp³-hybridized carbons (Fsp3) is 0.600. The van der Waals surface area contributed by atoms with Gasteiger partial charge in [0.25, 0.3) is 5.56 Å². The number of hydrogen-bond donors (Lipinski definition) is 0. The molecule has 100 valence electrons. The van der Waals surface area contributed by atoms with Gasteiger partial charge in [0.05, 0.1) is 5.56 Å². The Hall–Kier alpha value is -1.38. The van der Waals surface area contributed by atoms with Crippen LogP contribution in [0.3, 0.4) is 0 Å². The summed E-state index contributed by atoms with van der Waals surface area (Å²) in [5.41, 5.74) is 1.04. The van der Waals surface area contributed by atoms with Crippen LogP contribution in [0.2, 0.25) is 0 Å². The minimum Gasteiger partial charge on any atom is -0.312 e. The first-order chi connectivity index (χ1) is 8.29. The van der Waals surface area contributed by atoms with Crippen LogP contribution in [0.15, 0.2) is 16.9 Å². The summed E-state index contributed by atoms with van der Waals surface area (Å²) in [5.74, 6) is -0.161. The molecule has 0 spiro atoms. The number of carbonyl (C=O) groups excluding carboxylic acids is 1. The molecule has 0 saturated heterocycles. The molecular weight excluding hydrogens is 226 g/mol. The number of unbranched alkanes of at least 4 members (excludes halogenated alkanes) is 1. The number of rotatable bonds is 4. The van der Waals surface area contributed by atoms with Gasteiger partial charge in [0.15, 0.2) is 5.78 Å². The van der Waals surface area contributed by atoms with E-state index in [4.69, 9.17) is 0 Å². The van der Waals surface area contributed by atoms with Crippen LogP contribution in [0, 0.1) is 0 Å². The molecule has 0 unspecified atom stereocenters. The van der Waals surface area contributed by atoms with Crippen molar-refractivity contribution in [1.29, 1.82) is 0 Å². The van der Waals surface area contributed by atoms with Crippen molar-refractivity contribution in [2.75, 3.05) is 0 Å². The molecule has 0 bridgehead atoms. The zero-order chi connectivity index (χ0) is 13.9. The lowest BCUT2D eigenvalue weighted by atomic mass is 9.90. The Morgan fingerprint density at radius 2 is 1.89 bits per heavy atom. The Balaban J connectivity index is 3.42. The van der Waals surface area contributed by atoms with E-state index in [0.29, 0.717) is 12.1 Å².